The van der Waals surface area contributed by atoms with E-state index in [9.17, 15) is 18.8 Å². The first-order valence-electron chi connectivity index (χ1n) is 9.21. The lowest BCUT2D eigenvalue weighted by molar-refractivity contribution is -0.118. The van der Waals surface area contributed by atoms with E-state index in [4.69, 9.17) is 4.74 Å². The predicted octanol–water partition coefficient (Wildman–Crippen LogP) is 3.62. The van der Waals surface area contributed by atoms with Gasteiger partial charge < -0.3 is 15.4 Å². The fourth-order valence-electron chi connectivity index (χ4n) is 2.87. The first-order chi connectivity index (χ1) is 13.6. The van der Waals surface area contributed by atoms with Crippen LogP contribution >= 0.6 is 0 Å². The SMILES string of the molecule is COC(=O)c1cc(NC(=O)C(NC(=O)c2ccccc2F)C(C)C)cc(C)c1C. The quantitative estimate of drug-likeness (QED) is 0.726. The lowest BCUT2D eigenvalue weighted by Crippen LogP contribution is -2.47. The van der Waals surface area contributed by atoms with Gasteiger partial charge in [0.2, 0.25) is 5.91 Å². The molecule has 2 amide bonds. The number of hydrogen-bond acceptors (Lipinski definition) is 4. The van der Waals surface area contributed by atoms with Gasteiger partial charge in [0.15, 0.2) is 0 Å². The van der Waals surface area contributed by atoms with Crippen LogP contribution in [-0.4, -0.2) is 30.9 Å². The molecule has 0 aliphatic carbocycles. The zero-order valence-corrected chi connectivity index (χ0v) is 17.1. The Balaban J connectivity index is 2.24. The average molecular weight is 400 g/mol. The Labute approximate surface area is 169 Å². The van der Waals surface area contributed by atoms with Crippen LogP contribution in [0.25, 0.3) is 0 Å². The summed E-state index contributed by atoms with van der Waals surface area (Å²) in [6.45, 7) is 7.15. The Hall–Kier alpha value is -3.22. The first kappa shape index (κ1) is 22.1. The van der Waals surface area contributed by atoms with E-state index in [1.165, 1.54) is 31.4 Å². The molecule has 6 nitrogen and oxygen atoms in total. The highest BCUT2D eigenvalue weighted by atomic mass is 19.1. The van der Waals surface area contributed by atoms with E-state index in [1.54, 1.807) is 32.9 Å². The van der Waals surface area contributed by atoms with Gasteiger partial charge >= 0.3 is 5.97 Å². The molecule has 0 heterocycles. The third-order valence-corrected chi connectivity index (χ3v) is 4.69. The van der Waals surface area contributed by atoms with Crippen LogP contribution in [0.15, 0.2) is 36.4 Å². The molecule has 1 unspecified atom stereocenters. The van der Waals surface area contributed by atoms with E-state index in [2.05, 4.69) is 10.6 Å². The second-order valence-corrected chi connectivity index (χ2v) is 7.12. The summed E-state index contributed by atoms with van der Waals surface area (Å²) in [6, 6.07) is 7.93. The Bertz CT molecular complexity index is 940. The standard InChI is InChI=1S/C22H25FN2O4/c1-12(2)19(25-20(26)16-8-6-7-9-18(16)23)21(27)24-15-10-13(3)14(4)17(11-15)22(28)29-5/h6-12,19H,1-5H3,(H,24,27)(H,25,26). The monoisotopic (exact) mass is 400 g/mol. The molecule has 0 aliphatic heterocycles. The van der Waals surface area contributed by atoms with Gasteiger partial charge in [-0.05, 0) is 55.2 Å². The van der Waals surface area contributed by atoms with Gasteiger partial charge in [0, 0.05) is 5.69 Å². The number of hydrogen-bond donors (Lipinski definition) is 2. The van der Waals surface area contributed by atoms with Crippen LogP contribution in [0.4, 0.5) is 10.1 Å². The summed E-state index contributed by atoms with van der Waals surface area (Å²) in [4.78, 5) is 37.2. The number of benzene rings is 2. The van der Waals surface area contributed by atoms with Crippen molar-refractivity contribution in [1.29, 1.82) is 0 Å². The number of halogens is 1. The zero-order valence-electron chi connectivity index (χ0n) is 17.1. The van der Waals surface area contributed by atoms with E-state index < -0.39 is 29.6 Å². The van der Waals surface area contributed by atoms with E-state index in [1.807, 2.05) is 6.92 Å². The normalized spacial score (nSPS) is 11.7. The van der Waals surface area contributed by atoms with Crippen LogP contribution in [0.2, 0.25) is 0 Å². The molecule has 2 aromatic rings. The summed E-state index contributed by atoms with van der Waals surface area (Å²) >= 11 is 0. The molecule has 2 rings (SSSR count). The molecule has 0 saturated heterocycles. The number of carbonyl (C=O) groups is 3. The number of carbonyl (C=O) groups excluding carboxylic acids is 3. The maximum atomic E-state index is 13.9. The smallest absolute Gasteiger partial charge is 0.338 e. The molecule has 0 aromatic heterocycles. The van der Waals surface area contributed by atoms with Crippen LogP contribution in [0.5, 0.6) is 0 Å². The van der Waals surface area contributed by atoms with Crippen molar-refractivity contribution in [2.24, 2.45) is 5.92 Å². The van der Waals surface area contributed by atoms with Gasteiger partial charge in [-0.1, -0.05) is 26.0 Å². The van der Waals surface area contributed by atoms with Crippen molar-refractivity contribution >= 4 is 23.5 Å². The van der Waals surface area contributed by atoms with Gasteiger partial charge in [0.25, 0.3) is 5.91 Å². The molecule has 0 spiro atoms. The van der Waals surface area contributed by atoms with Crippen molar-refractivity contribution in [3.05, 3.63) is 64.5 Å². The summed E-state index contributed by atoms with van der Waals surface area (Å²) in [5.74, 6) is -2.56. The summed E-state index contributed by atoms with van der Waals surface area (Å²) in [5, 5.41) is 5.31. The van der Waals surface area contributed by atoms with Crippen LogP contribution in [0.1, 0.15) is 45.7 Å². The molecule has 0 bridgehead atoms. The summed E-state index contributed by atoms with van der Waals surface area (Å²) in [7, 11) is 1.29. The molecule has 0 saturated carbocycles. The van der Waals surface area contributed by atoms with E-state index in [0.29, 0.717) is 11.3 Å². The number of anilines is 1. The predicted molar refractivity (Wildman–Crippen MR) is 108 cm³/mol. The number of methoxy groups -OCH3 is 1. The lowest BCUT2D eigenvalue weighted by atomic mass is 10.0. The number of rotatable bonds is 6. The van der Waals surface area contributed by atoms with Crippen LogP contribution < -0.4 is 10.6 Å². The van der Waals surface area contributed by atoms with Crippen LogP contribution in [-0.2, 0) is 9.53 Å². The molecular formula is C22H25FN2O4. The molecule has 0 aliphatic rings. The van der Waals surface area contributed by atoms with Gasteiger partial charge in [-0.15, -0.1) is 0 Å². The van der Waals surface area contributed by atoms with E-state index >= 15 is 0 Å². The van der Waals surface area contributed by atoms with Gasteiger partial charge in [0.1, 0.15) is 11.9 Å². The topological polar surface area (TPSA) is 84.5 Å². The molecule has 7 heteroatoms. The zero-order chi connectivity index (χ0) is 21.7. The number of nitrogens with one attached hydrogen (secondary N) is 2. The molecule has 154 valence electrons. The average Bonchev–Trinajstić information content (AvgIpc) is 2.67. The largest absolute Gasteiger partial charge is 0.465 e. The van der Waals surface area contributed by atoms with Crippen LogP contribution in [0, 0.1) is 25.6 Å². The van der Waals surface area contributed by atoms with Crippen molar-refractivity contribution in [2.75, 3.05) is 12.4 Å². The molecular weight excluding hydrogens is 375 g/mol. The van der Waals surface area contributed by atoms with Crippen molar-refractivity contribution < 1.29 is 23.5 Å². The number of aryl methyl sites for hydroxylation is 1. The van der Waals surface area contributed by atoms with Gasteiger partial charge in [-0.3, -0.25) is 9.59 Å². The minimum Gasteiger partial charge on any atom is -0.465 e. The second kappa shape index (κ2) is 9.32. The highest BCUT2D eigenvalue weighted by Gasteiger charge is 2.26. The first-order valence-corrected chi connectivity index (χ1v) is 9.21. The summed E-state index contributed by atoms with van der Waals surface area (Å²) < 4.78 is 18.7. The molecule has 2 aromatic carbocycles. The Morgan fingerprint density at radius 2 is 1.69 bits per heavy atom. The third kappa shape index (κ3) is 5.19. The van der Waals surface area contributed by atoms with Crippen molar-refractivity contribution in [3.8, 4) is 0 Å². The van der Waals surface area contributed by atoms with Crippen molar-refractivity contribution in [1.82, 2.24) is 5.32 Å². The molecule has 0 radical (unpaired) electrons. The van der Waals surface area contributed by atoms with Gasteiger partial charge in [-0.2, -0.15) is 0 Å². The Morgan fingerprint density at radius 3 is 2.28 bits per heavy atom. The number of esters is 1. The summed E-state index contributed by atoms with van der Waals surface area (Å²) in [5.41, 5.74) is 2.18. The fraction of sp³-hybridized carbons (Fsp3) is 0.318. The molecule has 1 atom stereocenters. The van der Waals surface area contributed by atoms with Crippen molar-refractivity contribution in [2.45, 2.75) is 33.7 Å². The number of amides is 2. The third-order valence-electron chi connectivity index (χ3n) is 4.69. The maximum Gasteiger partial charge on any atom is 0.338 e. The summed E-state index contributed by atoms with van der Waals surface area (Å²) in [6.07, 6.45) is 0. The second-order valence-electron chi connectivity index (χ2n) is 7.12. The maximum absolute atomic E-state index is 13.9. The van der Waals surface area contributed by atoms with E-state index in [-0.39, 0.29) is 11.5 Å². The molecule has 2 N–H and O–H groups in total. The number of ether oxygens (including phenoxy) is 1. The minimum absolute atomic E-state index is 0.134. The Morgan fingerprint density at radius 1 is 1.03 bits per heavy atom. The van der Waals surface area contributed by atoms with Gasteiger partial charge in [0.05, 0.1) is 18.2 Å². The molecule has 0 fully saturated rings. The van der Waals surface area contributed by atoms with Crippen LogP contribution in [0.3, 0.4) is 0 Å². The fourth-order valence-corrected chi connectivity index (χ4v) is 2.87. The highest BCUT2D eigenvalue weighted by molar-refractivity contribution is 6.02. The van der Waals surface area contributed by atoms with Crippen molar-refractivity contribution in [3.63, 3.8) is 0 Å². The highest BCUT2D eigenvalue weighted by Crippen LogP contribution is 2.21. The Kier molecular flexibility index (Phi) is 7.09. The van der Waals surface area contributed by atoms with Gasteiger partial charge in [-0.25, -0.2) is 9.18 Å². The molecule has 29 heavy (non-hydrogen) atoms. The minimum atomic E-state index is -0.898. The van der Waals surface area contributed by atoms with E-state index in [0.717, 1.165) is 11.1 Å². The lowest BCUT2D eigenvalue weighted by Gasteiger charge is -2.22.